The maximum atomic E-state index is 12.1. The van der Waals surface area contributed by atoms with Crippen molar-refractivity contribution in [2.24, 2.45) is 0 Å². The van der Waals surface area contributed by atoms with Crippen LogP contribution < -0.4 is 4.72 Å². The predicted octanol–water partition coefficient (Wildman–Crippen LogP) is 3.07. The molecule has 21 heavy (non-hydrogen) atoms. The van der Waals surface area contributed by atoms with E-state index in [0.29, 0.717) is 16.3 Å². The van der Waals surface area contributed by atoms with Crippen molar-refractivity contribution >= 4 is 44.6 Å². The van der Waals surface area contributed by atoms with Crippen molar-refractivity contribution in [2.45, 2.75) is 17.9 Å². The molecule has 0 aliphatic carbocycles. The average molecular weight is 366 g/mol. The lowest BCUT2D eigenvalue weighted by atomic mass is 10.2. The van der Waals surface area contributed by atoms with E-state index >= 15 is 0 Å². The summed E-state index contributed by atoms with van der Waals surface area (Å²) in [6.45, 7) is 0.0459. The van der Waals surface area contributed by atoms with Crippen LogP contribution in [0.3, 0.4) is 0 Å². The molecule has 0 aliphatic rings. The summed E-state index contributed by atoms with van der Waals surface area (Å²) in [6, 6.07) is 7.90. The van der Waals surface area contributed by atoms with Gasteiger partial charge in [0, 0.05) is 16.4 Å². The van der Waals surface area contributed by atoms with Crippen LogP contribution in [0.1, 0.15) is 10.4 Å². The molecular weight excluding hydrogens is 353 g/mol. The van der Waals surface area contributed by atoms with E-state index in [1.807, 2.05) is 6.07 Å². The van der Waals surface area contributed by atoms with E-state index in [1.165, 1.54) is 29.5 Å². The quantitative estimate of drug-likeness (QED) is 0.826. The van der Waals surface area contributed by atoms with Gasteiger partial charge in [0.1, 0.15) is 0 Å². The monoisotopic (exact) mass is 365 g/mol. The van der Waals surface area contributed by atoms with Crippen LogP contribution in [0.4, 0.5) is 0 Å². The first kappa shape index (κ1) is 16.7. The minimum Gasteiger partial charge on any atom is -0.392 e. The molecule has 0 bridgehead atoms. The van der Waals surface area contributed by atoms with Crippen molar-refractivity contribution in [2.75, 3.05) is 6.54 Å². The zero-order valence-corrected chi connectivity index (χ0v) is 14.0. The Morgan fingerprint density at radius 1 is 1.19 bits per heavy atom. The molecule has 0 radical (unpaired) electrons. The number of hydrogen-bond donors (Lipinski definition) is 2. The lowest BCUT2D eigenvalue weighted by Gasteiger charge is -2.08. The van der Waals surface area contributed by atoms with Crippen LogP contribution in [0.2, 0.25) is 9.36 Å². The zero-order chi connectivity index (χ0) is 15.5. The number of nitrogens with one attached hydrogen (secondary N) is 1. The van der Waals surface area contributed by atoms with Gasteiger partial charge in [-0.1, -0.05) is 29.3 Å². The van der Waals surface area contributed by atoms with Gasteiger partial charge in [-0.25, -0.2) is 13.1 Å². The molecule has 0 atom stereocenters. The fourth-order valence-corrected chi connectivity index (χ4v) is 4.15. The van der Waals surface area contributed by atoms with Crippen molar-refractivity contribution < 1.29 is 13.5 Å². The third-order valence-corrected chi connectivity index (χ3v) is 5.90. The molecule has 4 nitrogen and oxygen atoms in total. The number of rotatable bonds is 6. The topological polar surface area (TPSA) is 66.4 Å². The lowest BCUT2D eigenvalue weighted by molar-refractivity contribution is 0.282. The minimum absolute atomic E-state index is 0.0777. The van der Waals surface area contributed by atoms with E-state index in [9.17, 15) is 8.42 Å². The van der Waals surface area contributed by atoms with Crippen molar-refractivity contribution in [3.63, 3.8) is 0 Å². The standard InChI is InChI=1S/C13H13Cl2NO3S2/c14-12-7-11(3-1-9(12)8-17)21(18,19)16-6-5-10-2-4-13(15)20-10/h1-4,7,16-17H,5-6,8H2. The lowest BCUT2D eigenvalue weighted by Crippen LogP contribution is -2.25. The highest BCUT2D eigenvalue weighted by Gasteiger charge is 2.15. The van der Waals surface area contributed by atoms with E-state index in [4.69, 9.17) is 28.3 Å². The molecule has 0 spiro atoms. The molecule has 0 unspecified atom stereocenters. The number of halogens is 2. The van der Waals surface area contributed by atoms with Gasteiger partial charge in [-0.3, -0.25) is 0 Å². The second-order valence-corrected chi connectivity index (χ2v) is 8.24. The highest BCUT2D eigenvalue weighted by molar-refractivity contribution is 7.89. The smallest absolute Gasteiger partial charge is 0.240 e. The van der Waals surface area contributed by atoms with Crippen LogP contribution >= 0.6 is 34.5 Å². The van der Waals surface area contributed by atoms with Crippen LogP contribution in [0, 0.1) is 0 Å². The van der Waals surface area contributed by atoms with Crippen molar-refractivity contribution in [3.05, 3.63) is 50.1 Å². The predicted molar refractivity (Wildman–Crippen MR) is 85.6 cm³/mol. The Kier molecular flexibility index (Phi) is 5.65. The van der Waals surface area contributed by atoms with Crippen LogP contribution in [0.25, 0.3) is 0 Å². The normalized spacial score (nSPS) is 11.8. The summed E-state index contributed by atoms with van der Waals surface area (Å²) in [5, 5.41) is 9.25. The van der Waals surface area contributed by atoms with Crippen molar-refractivity contribution in [1.82, 2.24) is 4.72 Å². The van der Waals surface area contributed by atoms with Gasteiger partial charge >= 0.3 is 0 Å². The van der Waals surface area contributed by atoms with Crippen LogP contribution in [0.15, 0.2) is 35.2 Å². The van der Waals surface area contributed by atoms with E-state index in [0.717, 1.165) is 4.88 Å². The minimum atomic E-state index is -3.62. The van der Waals surface area contributed by atoms with Crippen LogP contribution in [0.5, 0.6) is 0 Å². The first-order valence-electron chi connectivity index (χ1n) is 6.05. The number of aliphatic hydroxyl groups excluding tert-OH is 1. The van der Waals surface area contributed by atoms with Gasteiger partial charge in [0.15, 0.2) is 0 Å². The SMILES string of the molecule is O=S(=O)(NCCc1ccc(Cl)s1)c1ccc(CO)c(Cl)c1. The van der Waals surface area contributed by atoms with Gasteiger partial charge in [-0.05, 0) is 36.2 Å². The fraction of sp³-hybridized carbons (Fsp3) is 0.231. The number of aliphatic hydroxyl groups is 1. The third-order valence-electron chi connectivity index (χ3n) is 2.80. The van der Waals surface area contributed by atoms with Crippen molar-refractivity contribution in [3.8, 4) is 0 Å². The number of benzene rings is 1. The average Bonchev–Trinajstić information content (AvgIpc) is 2.84. The summed E-state index contributed by atoms with van der Waals surface area (Å²) in [5.41, 5.74) is 0.490. The molecule has 1 aromatic heterocycles. The van der Waals surface area contributed by atoms with Gasteiger partial charge in [-0.2, -0.15) is 0 Å². The molecule has 0 amide bonds. The molecule has 0 saturated heterocycles. The molecule has 0 saturated carbocycles. The van der Waals surface area contributed by atoms with E-state index in [-0.39, 0.29) is 23.1 Å². The van der Waals surface area contributed by atoms with Crippen LogP contribution in [-0.2, 0) is 23.1 Å². The first-order chi connectivity index (χ1) is 9.92. The van der Waals surface area contributed by atoms with Crippen LogP contribution in [-0.4, -0.2) is 20.1 Å². The molecule has 2 aromatic rings. The Bertz CT molecular complexity index is 729. The summed E-state index contributed by atoms with van der Waals surface area (Å²) in [7, 11) is -3.62. The molecule has 114 valence electrons. The highest BCUT2D eigenvalue weighted by atomic mass is 35.5. The van der Waals surface area contributed by atoms with Gasteiger partial charge in [0.2, 0.25) is 10.0 Å². The summed E-state index contributed by atoms with van der Waals surface area (Å²) >= 11 is 13.1. The Morgan fingerprint density at radius 2 is 1.95 bits per heavy atom. The summed E-state index contributed by atoms with van der Waals surface area (Å²) in [6.07, 6.45) is 0.569. The molecule has 0 fully saturated rings. The summed E-state index contributed by atoms with van der Waals surface area (Å²) in [4.78, 5) is 1.09. The maximum Gasteiger partial charge on any atom is 0.240 e. The van der Waals surface area contributed by atoms with Gasteiger partial charge in [0.05, 0.1) is 15.8 Å². The third kappa shape index (κ3) is 4.42. The Balaban J connectivity index is 2.02. The number of sulfonamides is 1. The largest absolute Gasteiger partial charge is 0.392 e. The molecular formula is C13H13Cl2NO3S2. The van der Waals surface area contributed by atoms with Gasteiger partial charge in [-0.15, -0.1) is 11.3 Å². The Hall–Kier alpha value is -0.630. The molecule has 0 aliphatic heterocycles. The maximum absolute atomic E-state index is 12.1. The van der Waals surface area contributed by atoms with E-state index in [1.54, 1.807) is 6.07 Å². The molecule has 8 heteroatoms. The Labute approximate surface area is 137 Å². The fourth-order valence-electron chi connectivity index (χ4n) is 1.70. The molecule has 1 heterocycles. The first-order valence-corrected chi connectivity index (χ1v) is 9.11. The number of hydrogen-bond acceptors (Lipinski definition) is 4. The van der Waals surface area contributed by atoms with Crippen molar-refractivity contribution in [1.29, 1.82) is 0 Å². The molecule has 2 N–H and O–H groups in total. The molecule has 2 rings (SSSR count). The van der Waals surface area contributed by atoms with E-state index in [2.05, 4.69) is 4.72 Å². The second kappa shape index (κ2) is 7.09. The Morgan fingerprint density at radius 3 is 2.52 bits per heavy atom. The summed E-state index contributed by atoms with van der Waals surface area (Å²) in [5.74, 6) is 0. The highest BCUT2D eigenvalue weighted by Crippen LogP contribution is 2.22. The van der Waals surface area contributed by atoms with Gasteiger partial charge in [0.25, 0.3) is 0 Å². The van der Waals surface area contributed by atoms with E-state index < -0.39 is 10.0 Å². The summed E-state index contributed by atoms with van der Waals surface area (Å²) < 4.78 is 27.4. The molecule has 1 aromatic carbocycles. The zero-order valence-electron chi connectivity index (χ0n) is 10.8. The second-order valence-electron chi connectivity index (χ2n) is 4.26. The number of thiophene rings is 1. The van der Waals surface area contributed by atoms with Gasteiger partial charge < -0.3 is 5.11 Å².